The number of benzene rings is 1. The van der Waals surface area contributed by atoms with Gasteiger partial charge in [-0.2, -0.15) is 0 Å². The van der Waals surface area contributed by atoms with Crippen molar-refractivity contribution in [3.63, 3.8) is 0 Å². The zero-order chi connectivity index (χ0) is 13.3. The van der Waals surface area contributed by atoms with E-state index in [-0.39, 0.29) is 17.9 Å². The van der Waals surface area contributed by atoms with Gasteiger partial charge in [-0.15, -0.1) is 11.3 Å². The van der Waals surface area contributed by atoms with Crippen LogP contribution in [0.25, 0.3) is 0 Å². The monoisotopic (exact) mass is 264 g/mol. The number of ketones is 1. The average molecular weight is 264 g/mol. The van der Waals surface area contributed by atoms with Gasteiger partial charge < -0.3 is 5.73 Å². The fourth-order valence-electron chi connectivity index (χ4n) is 1.55. The molecule has 0 saturated heterocycles. The van der Waals surface area contributed by atoms with E-state index >= 15 is 0 Å². The third kappa shape index (κ3) is 2.56. The molecule has 0 aliphatic heterocycles. The van der Waals surface area contributed by atoms with Crippen LogP contribution in [0.5, 0.6) is 0 Å². The largest absolute Gasteiger partial charge is 0.396 e. The van der Waals surface area contributed by atoms with E-state index in [9.17, 15) is 9.18 Å². The first-order valence-corrected chi connectivity index (χ1v) is 6.30. The fourth-order valence-corrected chi connectivity index (χ4v) is 2.49. The number of carbonyl (C=O) groups is 1. The topological polar surface area (TPSA) is 56.0 Å². The van der Waals surface area contributed by atoms with Crippen molar-refractivity contribution in [1.29, 1.82) is 0 Å². The first kappa shape index (κ1) is 12.7. The minimum atomic E-state index is -0.563. The molecule has 0 spiro atoms. The first-order valence-electron chi connectivity index (χ1n) is 5.48. The van der Waals surface area contributed by atoms with Crippen LogP contribution in [0.15, 0.2) is 18.2 Å². The van der Waals surface area contributed by atoms with Crippen molar-refractivity contribution in [3.8, 4) is 0 Å². The summed E-state index contributed by atoms with van der Waals surface area (Å²) in [6.07, 6.45) is 0.197. The van der Waals surface area contributed by atoms with Crippen molar-refractivity contribution in [2.45, 2.75) is 20.3 Å². The molecular formula is C13H13FN2OS. The zero-order valence-corrected chi connectivity index (χ0v) is 11.0. The van der Waals surface area contributed by atoms with Gasteiger partial charge in [0.05, 0.1) is 17.8 Å². The van der Waals surface area contributed by atoms with Crippen LogP contribution < -0.4 is 5.73 Å². The van der Waals surface area contributed by atoms with E-state index in [1.54, 1.807) is 0 Å². The van der Waals surface area contributed by atoms with E-state index in [0.29, 0.717) is 5.56 Å². The van der Waals surface area contributed by atoms with Crippen LogP contribution in [-0.4, -0.2) is 10.8 Å². The Labute approximate surface area is 108 Å². The second-order valence-corrected chi connectivity index (χ2v) is 5.37. The summed E-state index contributed by atoms with van der Waals surface area (Å²) in [7, 11) is 0. The number of aromatic nitrogens is 1. The van der Waals surface area contributed by atoms with Crippen molar-refractivity contribution in [2.24, 2.45) is 0 Å². The number of nitrogens with two attached hydrogens (primary N) is 1. The van der Waals surface area contributed by atoms with E-state index < -0.39 is 5.82 Å². The molecule has 0 bridgehead atoms. The highest BCUT2D eigenvalue weighted by Crippen LogP contribution is 2.19. The Morgan fingerprint density at radius 3 is 2.72 bits per heavy atom. The summed E-state index contributed by atoms with van der Waals surface area (Å²) in [4.78, 5) is 17.4. The molecule has 0 aliphatic carbocycles. The predicted molar refractivity (Wildman–Crippen MR) is 70.4 cm³/mol. The Morgan fingerprint density at radius 1 is 1.44 bits per heavy atom. The Bertz CT molecular complexity index is 588. The first-order chi connectivity index (χ1) is 8.47. The number of anilines is 1. The minimum Gasteiger partial charge on any atom is -0.396 e. The van der Waals surface area contributed by atoms with Crippen molar-refractivity contribution in [2.75, 3.05) is 5.73 Å². The molecule has 0 amide bonds. The third-order valence-corrected chi connectivity index (χ3v) is 3.78. The molecule has 1 aromatic heterocycles. The normalized spacial score (nSPS) is 10.6. The highest BCUT2D eigenvalue weighted by atomic mass is 32.1. The van der Waals surface area contributed by atoms with Crippen molar-refractivity contribution >= 4 is 22.8 Å². The summed E-state index contributed by atoms with van der Waals surface area (Å²) >= 11 is 1.49. The molecular weight excluding hydrogens is 251 g/mol. The SMILES string of the molecule is Cc1nc(CC(=O)c2ccc(N)c(F)c2)sc1C. The van der Waals surface area contributed by atoms with Crippen molar-refractivity contribution < 1.29 is 9.18 Å². The van der Waals surface area contributed by atoms with Crippen LogP contribution in [0, 0.1) is 19.7 Å². The number of hydrogen-bond acceptors (Lipinski definition) is 4. The van der Waals surface area contributed by atoms with Gasteiger partial charge in [0.25, 0.3) is 0 Å². The molecule has 2 N–H and O–H groups in total. The number of halogens is 1. The van der Waals surface area contributed by atoms with Gasteiger partial charge in [0, 0.05) is 10.4 Å². The Morgan fingerprint density at radius 2 is 2.17 bits per heavy atom. The van der Waals surface area contributed by atoms with Gasteiger partial charge in [0.1, 0.15) is 10.8 Å². The lowest BCUT2D eigenvalue weighted by Crippen LogP contribution is -2.04. The maximum absolute atomic E-state index is 13.3. The van der Waals surface area contributed by atoms with Gasteiger partial charge in [-0.25, -0.2) is 9.37 Å². The molecule has 0 unspecified atom stereocenters. The van der Waals surface area contributed by atoms with Crippen LogP contribution in [0.4, 0.5) is 10.1 Å². The van der Waals surface area contributed by atoms with Crippen LogP contribution in [0.2, 0.25) is 0 Å². The number of Topliss-reactive ketones (excluding diaryl/α,β-unsaturated/α-hetero) is 1. The molecule has 0 aliphatic rings. The van der Waals surface area contributed by atoms with E-state index in [4.69, 9.17) is 5.73 Å². The van der Waals surface area contributed by atoms with Gasteiger partial charge in [-0.3, -0.25) is 4.79 Å². The summed E-state index contributed by atoms with van der Waals surface area (Å²) in [6.45, 7) is 3.87. The second-order valence-electron chi connectivity index (χ2n) is 4.09. The number of rotatable bonds is 3. The third-order valence-electron chi connectivity index (χ3n) is 2.71. The van der Waals surface area contributed by atoms with Gasteiger partial charge >= 0.3 is 0 Å². The zero-order valence-electron chi connectivity index (χ0n) is 10.2. The number of nitrogens with zero attached hydrogens (tertiary/aromatic N) is 1. The summed E-state index contributed by atoms with van der Waals surface area (Å²) in [5, 5.41) is 0.757. The lowest BCUT2D eigenvalue weighted by atomic mass is 10.1. The Balaban J connectivity index is 2.19. The maximum Gasteiger partial charge on any atom is 0.169 e. The highest BCUT2D eigenvalue weighted by molar-refractivity contribution is 7.11. The summed E-state index contributed by atoms with van der Waals surface area (Å²) in [5.41, 5.74) is 6.68. The van der Waals surface area contributed by atoms with Crippen molar-refractivity contribution in [3.05, 3.63) is 45.2 Å². The molecule has 5 heteroatoms. The van der Waals surface area contributed by atoms with E-state index in [0.717, 1.165) is 15.6 Å². The Hall–Kier alpha value is -1.75. The van der Waals surface area contributed by atoms with Crippen LogP contribution in [-0.2, 0) is 6.42 Å². The van der Waals surface area contributed by atoms with Gasteiger partial charge in [-0.05, 0) is 32.0 Å². The molecule has 3 nitrogen and oxygen atoms in total. The van der Waals surface area contributed by atoms with Gasteiger partial charge in [-0.1, -0.05) is 0 Å². The van der Waals surface area contributed by atoms with E-state index in [1.165, 1.54) is 29.5 Å². The minimum absolute atomic E-state index is 0.0486. The summed E-state index contributed by atoms with van der Waals surface area (Å²) < 4.78 is 13.3. The lowest BCUT2D eigenvalue weighted by molar-refractivity contribution is 0.0992. The number of thiazole rings is 1. The molecule has 0 fully saturated rings. The van der Waals surface area contributed by atoms with Gasteiger partial charge in [0.15, 0.2) is 5.78 Å². The molecule has 0 saturated carbocycles. The molecule has 0 atom stereocenters. The molecule has 2 aromatic rings. The maximum atomic E-state index is 13.3. The Kier molecular flexibility index (Phi) is 3.43. The fraction of sp³-hybridized carbons (Fsp3) is 0.231. The number of aryl methyl sites for hydroxylation is 2. The second kappa shape index (κ2) is 4.86. The van der Waals surface area contributed by atoms with Crippen molar-refractivity contribution in [1.82, 2.24) is 4.98 Å². The number of hydrogen-bond donors (Lipinski definition) is 1. The lowest BCUT2D eigenvalue weighted by Gasteiger charge is -2.01. The summed E-state index contributed by atoms with van der Waals surface area (Å²) in [6, 6.07) is 4.11. The molecule has 1 heterocycles. The highest BCUT2D eigenvalue weighted by Gasteiger charge is 2.12. The van der Waals surface area contributed by atoms with E-state index in [2.05, 4.69) is 4.98 Å². The smallest absolute Gasteiger partial charge is 0.169 e. The molecule has 2 rings (SSSR count). The number of carbonyl (C=O) groups excluding carboxylic acids is 1. The molecule has 1 aromatic carbocycles. The quantitative estimate of drug-likeness (QED) is 0.685. The number of nitrogen functional groups attached to an aromatic ring is 1. The van der Waals surface area contributed by atoms with Crippen LogP contribution in [0.1, 0.15) is 25.9 Å². The predicted octanol–water partition coefficient (Wildman–Crippen LogP) is 2.91. The standard InChI is InChI=1S/C13H13FN2OS/c1-7-8(2)18-13(16-7)6-12(17)9-3-4-11(15)10(14)5-9/h3-5H,6,15H2,1-2H3. The van der Waals surface area contributed by atoms with Gasteiger partial charge in [0.2, 0.25) is 0 Å². The van der Waals surface area contributed by atoms with Crippen LogP contribution >= 0.6 is 11.3 Å². The van der Waals surface area contributed by atoms with Crippen LogP contribution in [0.3, 0.4) is 0 Å². The molecule has 94 valence electrons. The summed E-state index contributed by atoms with van der Waals surface area (Å²) in [5.74, 6) is -0.713. The molecule has 0 radical (unpaired) electrons. The average Bonchev–Trinajstić information content (AvgIpc) is 2.61. The molecule has 18 heavy (non-hydrogen) atoms. The van der Waals surface area contributed by atoms with E-state index in [1.807, 2.05) is 13.8 Å².